The number of allylic oxidation sites excluding steroid dienone is 1. The van der Waals surface area contributed by atoms with Gasteiger partial charge in [-0.05, 0) is 12.8 Å². The number of hydrogen-bond acceptors (Lipinski definition) is 4. The molecule has 4 nitrogen and oxygen atoms in total. The van der Waals surface area contributed by atoms with Crippen LogP contribution in [-0.4, -0.2) is 31.2 Å². The highest BCUT2D eigenvalue weighted by atomic mass is 32.2. The number of aliphatic hydroxyl groups excluding tert-OH is 1. The molecule has 0 amide bonds. The van der Waals surface area contributed by atoms with Crippen molar-refractivity contribution in [2.75, 3.05) is 0 Å². The molecule has 5 heteroatoms. The fourth-order valence-electron chi connectivity index (χ4n) is 1.42. The lowest BCUT2D eigenvalue weighted by molar-refractivity contribution is 0.170. The molecule has 0 saturated heterocycles. The fraction of sp³-hybridized carbons (Fsp3) is 0.556. The molecule has 1 aromatic rings. The van der Waals surface area contributed by atoms with Gasteiger partial charge in [-0.1, -0.05) is 23.9 Å². The Morgan fingerprint density at radius 3 is 2.93 bits per heavy atom. The quantitative estimate of drug-likeness (QED) is 0.741. The first-order chi connectivity index (χ1) is 6.77. The summed E-state index contributed by atoms with van der Waals surface area (Å²) in [6.45, 7) is 0. The summed E-state index contributed by atoms with van der Waals surface area (Å²) < 4.78 is 1.87. The van der Waals surface area contributed by atoms with Gasteiger partial charge in [0.05, 0.1) is 6.10 Å². The molecule has 2 atom stereocenters. The Kier molecular flexibility index (Phi) is 2.88. The van der Waals surface area contributed by atoms with Crippen LogP contribution in [0.5, 0.6) is 0 Å². The standard InChI is InChI=1S/C9H13N3OS/c1-12-6-10-11-9(12)14-8-5-3-2-4-7(8)13/h2-3,6-8,13H,4-5H2,1H3/t7-,8?/m1/s1. The summed E-state index contributed by atoms with van der Waals surface area (Å²) in [5.41, 5.74) is 0. The smallest absolute Gasteiger partial charge is 0.191 e. The number of aryl methyl sites for hydroxylation is 1. The largest absolute Gasteiger partial charge is 0.392 e. The second kappa shape index (κ2) is 4.14. The summed E-state index contributed by atoms with van der Waals surface area (Å²) >= 11 is 1.59. The van der Waals surface area contributed by atoms with E-state index >= 15 is 0 Å². The SMILES string of the molecule is Cn1cnnc1SC1CC=CC[C@H]1O. The van der Waals surface area contributed by atoms with Gasteiger partial charge < -0.3 is 9.67 Å². The lowest BCUT2D eigenvalue weighted by Crippen LogP contribution is -2.24. The number of hydrogen-bond donors (Lipinski definition) is 1. The maximum absolute atomic E-state index is 9.73. The summed E-state index contributed by atoms with van der Waals surface area (Å²) in [4.78, 5) is 0. The summed E-state index contributed by atoms with van der Waals surface area (Å²) in [6, 6.07) is 0. The molecule has 0 spiro atoms. The first-order valence-corrected chi connectivity index (χ1v) is 5.49. The summed E-state index contributed by atoms with van der Waals surface area (Å²) in [7, 11) is 1.91. The molecule has 1 N–H and O–H groups in total. The summed E-state index contributed by atoms with van der Waals surface area (Å²) in [5.74, 6) is 0. The van der Waals surface area contributed by atoms with Crippen molar-refractivity contribution in [1.82, 2.24) is 14.8 Å². The third kappa shape index (κ3) is 1.99. The van der Waals surface area contributed by atoms with E-state index in [1.54, 1.807) is 18.1 Å². The van der Waals surface area contributed by atoms with Crippen LogP contribution in [0.25, 0.3) is 0 Å². The second-order valence-corrected chi connectivity index (χ2v) is 4.60. The van der Waals surface area contributed by atoms with E-state index in [9.17, 15) is 5.11 Å². The first-order valence-electron chi connectivity index (χ1n) is 4.61. The highest BCUT2D eigenvalue weighted by molar-refractivity contribution is 7.99. The van der Waals surface area contributed by atoms with E-state index in [4.69, 9.17) is 0 Å². The van der Waals surface area contributed by atoms with E-state index in [1.165, 1.54) is 0 Å². The van der Waals surface area contributed by atoms with Gasteiger partial charge in [-0.25, -0.2) is 0 Å². The molecule has 0 aromatic carbocycles. The topological polar surface area (TPSA) is 50.9 Å². The molecule has 76 valence electrons. The Morgan fingerprint density at radius 1 is 1.50 bits per heavy atom. The Labute approximate surface area is 87.0 Å². The molecule has 0 bridgehead atoms. The minimum atomic E-state index is -0.262. The van der Waals surface area contributed by atoms with E-state index in [-0.39, 0.29) is 11.4 Å². The number of aliphatic hydroxyl groups is 1. The van der Waals surface area contributed by atoms with Gasteiger partial charge >= 0.3 is 0 Å². The van der Waals surface area contributed by atoms with Crippen molar-refractivity contribution in [2.45, 2.75) is 29.4 Å². The number of nitrogens with zero attached hydrogens (tertiary/aromatic N) is 3. The molecule has 14 heavy (non-hydrogen) atoms. The molecular weight excluding hydrogens is 198 g/mol. The van der Waals surface area contributed by atoms with Crippen molar-refractivity contribution < 1.29 is 5.11 Å². The summed E-state index contributed by atoms with van der Waals surface area (Å²) in [5, 5.41) is 18.6. The normalized spacial score (nSPS) is 26.7. The number of aromatic nitrogens is 3. The van der Waals surface area contributed by atoms with Crippen LogP contribution in [0.15, 0.2) is 23.6 Å². The van der Waals surface area contributed by atoms with Crippen LogP contribution < -0.4 is 0 Å². The lowest BCUT2D eigenvalue weighted by Gasteiger charge is -2.22. The first kappa shape index (κ1) is 9.73. The zero-order valence-electron chi connectivity index (χ0n) is 8.00. The second-order valence-electron chi connectivity index (χ2n) is 3.39. The molecule has 1 aliphatic rings. The lowest BCUT2D eigenvalue weighted by atomic mass is 10.0. The highest BCUT2D eigenvalue weighted by Crippen LogP contribution is 2.29. The summed E-state index contributed by atoms with van der Waals surface area (Å²) in [6.07, 6.45) is 7.20. The minimum absolute atomic E-state index is 0.211. The molecule has 0 saturated carbocycles. The molecule has 1 aliphatic carbocycles. The molecule has 1 heterocycles. The Hall–Kier alpha value is -0.810. The van der Waals surface area contributed by atoms with Gasteiger partial charge in [0.1, 0.15) is 6.33 Å². The molecule has 1 aromatic heterocycles. The van der Waals surface area contributed by atoms with Crippen LogP contribution in [0.1, 0.15) is 12.8 Å². The van der Waals surface area contributed by atoms with Gasteiger partial charge in [0.2, 0.25) is 0 Å². The molecule has 0 radical (unpaired) electrons. The van der Waals surface area contributed by atoms with Crippen molar-refractivity contribution in [3.05, 3.63) is 18.5 Å². The van der Waals surface area contributed by atoms with Gasteiger partial charge in [0.25, 0.3) is 0 Å². The predicted molar refractivity (Wildman–Crippen MR) is 55.0 cm³/mol. The Morgan fingerprint density at radius 2 is 2.29 bits per heavy atom. The Balaban J connectivity index is 2.04. The van der Waals surface area contributed by atoms with Crippen LogP contribution in [0.3, 0.4) is 0 Å². The molecule has 0 fully saturated rings. The van der Waals surface area contributed by atoms with Crippen molar-refractivity contribution in [3.63, 3.8) is 0 Å². The third-order valence-electron chi connectivity index (χ3n) is 2.27. The van der Waals surface area contributed by atoms with Gasteiger partial charge in [-0.3, -0.25) is 0 Å². The van der Waals surface area contributed by atoms with Gasteiger partial charge in [-0.15, -0.1) is 10.2 Å². The molecule has 0 aliphatic heterocycles. The molecule has 1 unspecified atom stereocenters. The van der Waals surface area contributed by atoms with Crippen molar-refractivity contribution in [3.8, 4) is 0 Å². The van der Waals surface area contributed by atoms with Crippen molar-refractivity contribution in [1.29, 1.82) is 0 Å². The predicted octanol–water partition coefficient (Wildman–Crippen LogP) is 0.987. The van der Waals surface area contributed by atoms with Crippen molar-refractivity contribution in [2.24, 2.45) is 7.05 Å². The zero-order chi connectivity index (χ0) is 9.97. The van der Waals surface area contributed by atoms with Crippen LogP contribution in [-0.2, 0) is 7.05 Å². The van der Waals surface area contributed by atoms with E-state index in [2.05, 4.69) is 16.3 Å². The van der Waals surface area contributed by atoms with Crippen LogP contribution in [0.2, 0.25) is 0 Å². The maximum Gasteiger partial charge on any atom is 0.191 e. The van der Waals surface area contributed by atoms with Crippen LogP contribution in [0.4, 0.5) is 0 Å². The minimum Gasteiger partial charge on any atom is -0.392 e. The fourth-order valence-corrected chi connectivity index (χ4v) is 2.47. The van der Waals surface area contributed by atoms with Gasteiger partial charge in [0.15, 0.2) is 5.16 Å². The maximum atomic E-state index is 9.73. The number of rotatable bonds is 2. The average Bonchev–Trinajstić information content (AvgIpc) is 2.56. The van der Waals surface area contributed by atoms with Crippen molar-refractivity contribution >= 4 is 11.8 Å². The van der Waals surface area contributed by atoms with Crippen LogP contribution in [0, 0.1) is 0 Å². The van der Waals surface area contributed by atoms with E-state index in [1.807, 2.05) is 17.7 Å². The monoisotopic (exact) mass is 211 g/mol. The average molecular weight is 211 g/mol. The molecule has 2 rings (SSSR count). The van der Waals surface area contributed by atoms with Crippen LogP contribution >= 0.6 is 11.8 Å². The number of thioether (sulfide) groups is 1. The van der Waals surface area contributed by atoms with E-state index < -0.39 is 0 Å². The third-order valence-corrected chi connectivity index (χ3v) is 3.66. The molecular formula is C9H13N3OS. The van der Waals surface area contributed by atoms with Gasteiger partial charge in [0, 0.05) is 12.3 Å². The van der Waals surface area contributed by atoms with E-state index in [0.717, 1.165) is 18.0 Å². The highest BCUT2D eigenvalue weighted by Gasteiger charge is 2.22. The Bertz CT molecular complexity index is 337. The van der Waals surface area contributed by atoms with E-state index in [0.29, 0.717) is 0 Å². The zero-order valence-corrected chi connectivity index (χ0v) is 8.81. The van der Waals surface area contributed by atoms with Gasteiger partial charge in [-0.2, -0.15) is 0 Å².